The van der Waals surface area contributed by atoms with Gasteiger partial charge in [-0.25, -0.2) is 0 Å². The summed E-state index contributed by atoms with van der Waals surface area (Å²) in [5.41, 5.74) is 4.26. The molecule has 1 aliphatic carbocycles. The molecule has 0 saturated carbocycles. The van der Waals surface area contributed by atoms with Crippen LogP contribution >= 0.6 is 15.9 Å². The second-order valence-corrected chi connectivity index (χ2v) is 6.23. The lowest BCUT2D eigenvalue weighted by atomic mass is 9.94. The molecule has 0 aromatic heterocycles. The van der Waals surface area contributed by atoms with E-state index in [2.05, 4.69) is 59.4 Å². The van der Waals surface area contributed by atoms with Gasteiger partial charge < -0.3 is 5.32 Å². The number of hydrogen-bond acceptors (Lipinski definition) is 1. The maximum Gasteiger partial charge on any atom is 0.0536 e. The standard InChI is InChI=1S/C17H24BrN/c1-3-19-17(14-8-6-4-5-7-9-14)15-11-10-13(2)16(18)12-15/h8,10-12,17,19H,3-7,9H2,1-2H3. The number of nitrogens with one attached hydrogen (secondary N) is 1. The molecule has 0 fully saturated rings. The summed E-state index contributed by atoms with van der Waals surface area (Å²) in [7, 11) is 0. The van der Waals surface area contributed by atoms with Crippen molar-refractivity contribution in [2.75, 3.05) is 6.54 Å². The molecule has 0 saturated heterocycles. The number of hydrogen-bond donors (Lipinski definition) is 1. The molecule has 0 aliphatic heterocycles. The van der Waals surface area contributed by atoms with Gasteiger partial charge in [-0.05, 0) is 56.3 Å². The lowest BCUT2D eigenvalue weighted by Gasteiger charge is -2.22. The average Bonchev–Trinajstić information content (AvgIpc) is 2.68. The molecule has 0 heterocycles. The van der Waals surface area contributed by atoms with Crippen LogP contribution in [0.4, 0.5) is 0 Å². The van der Waals surface area contributed by atoms with Crippen molar-refractivity contribution in [3.63, 3.8) is 0 Å². The zero-order valence-corrected chi connectivity index (χ0v) is 13.6. The summed E-state index contributed by atoms with van der Waals surface area (Å²) in [5, 5.41) is 3.65. The predicted octanol–water partition coefficient (Wildman–Crippen LogP) is 5.30. The van der Waals surface area contributed by atoms with E-state index in [-0.39, 0.29) is 0 Å². The van der Waals surface area contributed by atoms with Crippen molar-refractivity contribution in [2.24, 2.45) is 0 Å². The van der Waals surface area contributed by atoms with Gasteiger partial charge in [-0.2, -0.15) is 0 Å². The Balaban J connectivity index is 2.27. The van der Waals surface area contributed by atoms with Gasteiger partial charge in [0.1, 0.15) is 0 Å². The lowest BCUT2D eigenvalue weighted by Crippen LogP contribution is -2.23. The Kier molecular flexibility index (Phi) is 5.65. The predicted molar refractivity (Wildman–Crippen MR) is 86.5 cm³/mol. The van der Waals surface area contributed by atoms with Gasteiger partial charge in [-0.15, -0.1) is 0 Å². The molecule has 1 aromatic rings. The molecule has 0 bridgehead atoms. The van der Waals surface area contributed by atoms with Crippen molar-refractivity contribution in [3.05, 3.63) is 45.4 Å². The Bertz CT molecular complexity index is 451. The number of aryl methyl sites for hydroxylation is 1. The Morgan fingerprint density at radius 2 is 2.11 bits per heavy atom. The first kappa shape index (κ1) is 14.8. The van der Waals surface area contributed by atoms with E-state index in [1.54, 1.807) is 5.57 Å². The van der Waals surface area contributed by atoms with Crippen LogP contribution in [0, 0.1) is 6.92 Å². The summed E-state index contributed by atoms with van der Waals surface area (Å²) >= 11 is 3.66. The topological polar surface area (TPSA) is 12.0 Å². The summed E-state index contributed by atoms with van der Waals surface area (Å²) in [4.78, 5) is 0. The van der Waals surface area contributed by atoms with Gasteiger partial charge in [0.05, 0.1) is 6.04 Å². The maximum absolute atomic E-state index is 3.66. The second kappa shape index (κ2) is 7.25. The molecule has 2 rings (SSSR count). The van der Waals surface area contributed by atoms with Crippen LogP contribution < -0.4 is 5.32 Å². The first-order valence-electron chi connectivity index (χ1n) is 7.40. The van der Waals surface area contributed by atoms with Crippen molar-refractivity contribution >= 4 is 15.9 Å². The highest BCUT2D eigenvalue weighted by Crippen LogP contribution is 2.31. The Morgan fingerprint density at radius 3 is 2.84 bits per heavy atom. The van der Waals surface area contributed by atoms with E-state index in [4.69, 9.17) is 0 Å². The molecule has 1 atom stereocenters. The third kappa shape index (κ3) is 3.93. The molecule has 1 aliphatic rings. The molecule has 1 N–H and O–H groups in total. The molecule has 104 valence electrons. The Hall–Kier alpha value is -0.600. The first-order chi connectivity index (χ1) is 9.22. The molecule has 0 amide bonds. The van der Waals surface area contributed by atoms with Crippen molar-refractivity contribution in [1.29, 1.82) is 0 Å². The third-order valence-corrected chi connectivity index (χ3v) is 4.74. The third-order valence-electron chi connectivity index (χ3n) is 3.88. The summed E-state index contributed by atoms with van der Waals surface area (Å²) in [6.07, 6.45) is 9.00. The molecule has 0 radical (unpaired) electrons. The summed E-state index contributed by atoms with van der Waals surface area (Å²) < 4.78 is 1.21. The fourth-order valence-electron chi connectivity index (χ4n) is 2.76. The van der Waals surface area contributed by atoms with Gasteiger partial charge in [0.15, 0.2) is 0 Å². The normalized spacial score (nSPS) is 17.7. The van der Waals surface area contributed by atoms with Crippen LogP contribution in [-0.2, 0) is 0 Å². The van der Waals surface area contributed by atoms with E-state index in [0.717, 1.165) is 6.54 Å². The minimum Gasteiger partial charge on any atom is -0.307 e. The zero-order valence-electron chi connectivity index (χ0n) is 12.0. The number of likely N-dealkylation sites (N-methyl/N-ethyl adjacent to an activating group) is 1. The highest BCUT2D eigenvalue weighted by molar-refractivity contribution is 9.10. The minimum atomic E-state index is 0.389. The van der Waals surface area contributed by atoms with Crippen LogP contribution in [0.5, 0.6) is 0 Å². The second-order valence-electron chi connectivity index (χ2n) is 5.38. The van der Waals surface area contributed by atoms with Gasteiger partial charge in [-0.3, -0.25) is 0 Å². The van der Waals surface area contributed by atoms with Crippen LogP contribution in [0.3, 0.4) is 0 Å². The van der Waals surface area contributed by atoms with Crippen molar-refractivity contribution in [1.82, 2.24) is 5.32 Å². The van der Waals surface area contributed by atoms with E-state index >= 15 is 0 Å². The summed E-state index contributed by atoms with van der Waals surface area (Å²) in [6, 6.07) is 7.13. The first-order valence-corrected chi connectivity index (χ1v) is 8.20. The number of halogens is 1. The van der Waals surface area contributed by atoms with Crippen LogP contribution in [0.2, 0.25) is 0 Å². The van der Waals surface area contributed by atoms with Crippen molar-refractivity contribution < 1.29 is 0 Å². The molecular formula is C17H24BrN. The molecule has 2 heteroatoms. The number of benzene rings is 1. The van der Waals surface area contributed by atoms with Crippen LogP contribution in [0.1, 0.15) is 56.2 Å². The highest BCUT2D eigenvalue weighted by atomic mass is 79.9. The van der Waals surface area contributed by atoms with E-state index in [1.165, 1.54) is 47.7 Å². The van der Waals surface area contributed by atoms with Gasteiger partial charge in [-0.1, -0.05) is 53.1 Å². The average molecular weight is 322 g/mol. The van der Waals surface area contributed by atoms with Gasteiger partial charge in [0.25, 0.3) is 0 Å². The molecule has 0 spiro atoms. The van der Waals surface area contributed by atoms with Gasteiger partial charge >= 0.3 is 0 Å². The molecular weight excluding hydrogens is 298 g/mol. The lowest BCUT2D eigenvalue weighted by molar-refractivity contribution is 0.589. The highest BCUT2D eigenvalue weighted by Gasteiger charge is 2.17. The maximum atomic E-state index is 3.66. The quantitative estimate of drug-likeness (QED) is 0.742. The number of rotatable bonds is 4. The Labute approximate surface area is 125 Å². The monoisotopic (exact) mass is 321 g/mol. The SMILES string of the molecule is CCNC(C1=CCCCCC1)c1ccc(C)c(Br)c1. The smallest absolute Gasteiger partial charge is 0.0536 e. The van der Waals surface area contributed by atoms with Gasteiger partial charge in [0.2, 0.25) is 0 Å². The largest absolute Gasteiger partial charge is 0.307 e. The van der Waals surface area contributed by atoms with E-state index < -0.39 is 0 Å². The van der Waals surface area contributed by atoms with Crippen LogP contribution in [-0.4, -0.2) is 6.54 Å². The van der Waals surface area contributed by atoms with E-state index in [1.807, 2.05) is 0 Å². The van der Waals surface area contributed by atoms with Crippen LogP contribution in [0.25, 0.3) is 0 Å². The molecule has 1 aromatic carbocycles. The fraction of sp³-hybridized carbons (Fsp3) is 0.529. The fourth-order valence-corrected chi connectivity index (χ4v) is 3.15. The van der Waals surface area contributed by atoms with Crippen molar-refractivity contribution in [3.8, 4) is 0 Å². The van der Waals surface area contributed by atoms with E-state index in [0.29, 0.717) is 6.04 Å². The summed E-state index contributed by atoms with van der Waals surface area (Å²) in [6.45, 7) is 5.34. The minimum absolute atomic E-state index is 0.389. The Morgan fingerprint density at radius 1 is 1.26 bits per heavy atom. The van der Waals surface area contributed by atoms with Crippen molar-refractivity contribution in [2.45, 2.75) is 52.0 Å². The van der Waals surface area contributed by atoms with Gasteiger partial charge in [0, 0.05) is 4.47 Å². The molecule has 19 heavy (non-hydrogen) atoms. The number of allylic oxidation sites excluding steroid dienone is 1. The summed E-state index contributed by atoms with van der Waals surface area (Å²) in [5.74, 6) is 0. The molecule has 1 nitrogen and oxygen atoms in total. The molecule has 1 unspecified atom stereocenters. The van der Waals surface area contributed by atoms with Crippen LogP contribution in [0.15, 0.2) is 34.3 Å². The zero-order chi connectivity index (χ0) is 13.7. The van der Waals surface area contributed by atoms with E-state index in [9.17, 15) is 0 Å².